The van der Waals surface area contributed by atoms with Crippen molar-refractivity contribution in [1.29, 1.82) is 0 Å². The van der Waals surface area contributed by atoms with E-state index < -0.39 is 5.97 Å². The zero-order valence-corrected chi connectivity index (χ0v) is 16.1. The molecule has 1 fully saturated rings. The Morgan fingerprint density at radius 1 is 1.18 bits per heavy atom. The van der Waals surface area contributed by atoms with Crippen LogP contribution < -0.4 is 10.1 Å². The molecule has 2 aromatic carbocycles. The van der Waals surface area contributed by atoms with E-state index >= 15 is 0 Å². The van der Waals surface area contributed by atoms with Crippen LogP contribution in [0.25, 0.3) is 0 Å². The molecule has 0 bridgehead atoms. The van der Waals surface area contributed by atoms with Crippen LogP contribution in [0, 0.1) is 0 Å². The second-order valence-electron chi connectivity index (χ2n) is 7.09. The minimum Gasteiger partial charge on any atom is -0.496 e. The van der Waals surface area contributed by atoms with Crippen molar-refractivity contribution in [3.63, 3.8) is 0 Å². The minimum absolute atomic E-state index is 0.00668. The average Bonchev–Trinajstić information content (AvgIpc) is 2.72. The molecule has 0 aliphatic carbocycles. The van der Waals surface area contributed by atoms with E-state index in [2.05, 4.69) is 10.2 Å². The van der Waals surface area contributed by atoms with Gasteiger partial charge < -0.3 is 15.2 Å². The lowest BCUT2D eigenvalue weighted by molar-refractivity contribution is -0.122. The molecule has 148 valence electrons. The van der Waals surface area contributed by atoms with Crippen molar-refractivity contribution in [3.05, 3.63) is 65.2 Å². The number of para-hydroxylation sites is 1. The van der Waals surface area contributed by atoms with Crippen LogP contribution in [0.1, 0.15) is 40.2 Å². The van der Waals surface area contributed by atoms with Crippen molar-refractivity contribution in [2.75, 3.05) is 26.7 Å². The Morgan fingerprint density at radius 2 is 1.93 bits per heavy atom. The normalized spacial score (nSPS) is 17.1. The molecule has 28 heavy (non-hydrogen) atoms. The summed E-state index contributed by atoms with van der Waals surface area (Å²) in [5.74, 6) is 0.167. The third kappa shape index (κ3) is 5.10. The molecule has 6 nitrogen and oxygen atoms in total. The third-order valence-corrected chi connectivity index (χ3v) is 5.17. The van der Waals surface area contributed by atoms with E-state index in [-0.39, 0.29) is 5.91 Å². The van der Waals surface area contributed by atoms with Gasteiger partial charge in [0.1, 0.15) is 5.75 Å². The van der Waals surface area contributed by atoms with Crippen molar-refractivity contribution in [3.8, 4) is 5.75 Å². The highest BCUT2D eigenvalue weighted by molar-refractivity contribution is 5.87. The first-order chi connectivity index (χ1) is 13.6. The number of nitrogens with zero attached hydrogens (tertiary/aromatic N) is 1. The van der Waals surface area contributed by atoms with Gasteiger partial charge in [0.05, 0.1) is 19.2 Å². The van der Waals surface area contributed by atoms with Gasteiger partial charge in [-0.15, -0.1) is 0 Å². The quantitative estimate of drug-likeness (QED) is 0.770. The third-order valence-electron chi connectivity index (χ3n) is 5.17. The van der Waals surface area contributed by atoms with Gasteiger partial charge in [-0.2, -0.15) is 0 Å². The van der Waals surface area contributed by atoms with Crippen molar-refractivity contribution in [2.45, 2.75) is 25.3 Å². The number of aromatic carboxylic acids is 1. The summed E-state index contributed by atoms with van der Waals surface area (Å²) in [5, 5.41) is 12.0. The molecular weight excluding hydrogens is 356 g/mol. The van der Waals surface area contributed by atoms with Crippen molar-refractivity contribution < 1.29 is 19.4 Å². The fraction of sp³-hybridized carbons (Fsp3) is 0.364. The molecule has 0 radical (unpaired) electrons. The van der Waals surface area contributed by atoms with Crippen molar-refractivity contribution in [1.82, 2.24) is 10.2 Å². The number of amides is 1. The molecule has 6 heteroatoms. The second kappa shape index (κ2) is 9.37. The number of rotatable bonds is 7. The van der Waals surface area contributed by atoms with Crippen LogP contribution in [-0.4, -0.2) is 48.6 Å². The Morgan fingerprint density at radius 3 is 2.64 bits per heavy atom. The van der Waals surface area contributed by atoms with Gasteiger partial charge in [-0.25, -0.2) is 4.79 Å². The maximum atomic E-state index is 12.4. The summed E-state index contributed by atoms with van der Waals surface area (Å²) in [7, 11) is 1.62. The first kappa shape index (κ1) is 19.9. The maximum absolute atomic E-state index is 12.4. The first-order valence-electron chi connectivity index (χ1n) is 9.51. The Balaban J connectivity index is 1.52. The second-order valence-corrected chi connectivity index (χ2v) is 7.09. The summed E-state index contributed by atoms with van der Waals surface area (Å²) < 4.78 is 5.32. The first-order valence-corrected chi connectivity index (χ1v) is 9.51. The van der Waals surface area contributed by atoms with Gasteiger partial charge in [0.2, 0.25) is 5.91 Å². The zero-order chi connectivity index (χ0) is 19.9. The lowest BCUT2D eigenvalue weighted by Gasteiger charge is -2.32. The van der Waals surface area contributed by atoms with Crippen LogP contribution in [0.3, 0.4) is 0 Å². The molecule has 1 aliphatic heterocycles. The molecule has 3 rings (SSSR count). The number of ether oxygens (including phenoxy) is 1. The molecule has 1 atom stereocenters. The highest BCUT2D eigenvalue weighted by Gasteiger charge is 2.23. The summed E-state index contributed by atoms with van der Waals surface area (Å²) >= 11 is 0. The zero-order valence-electron chi connectivity index (χ0n) is 16.1. The minimum atomic E-state index is -0.913. The maximum Gasteiger partial charge on any atom is 0.335 e. The summed E-state index contributed by atoms with van der Waals surface area (Å²) in [6.07, 6.45) is 2.07. The molecule has 0 saturated carbocycles. The Bertz CT molecular complexity index is 820. The number of nitrogens with one attached hydrogen (secondary N) is 1. The van der Waals surface area contributed by atoms with E-state index in [1.54, 1.807) is 19.2 Å². The number of carbonyl (C=O) groups is 2. The summed E-state index contributed by atoms with van der Waals surface area (Å²) in [4.78, 5) is 25.6. The molecule has 1 heterocycles. The predicted octanol–water partition coefficient (Wildman–Crippen LogP) is 2.89. The van der Waals surface area contributed by atoms with E-state index in [4.69, 9.17) is 9.84 Å². The predicted molar refractivity (Wildman–Crippen MR) is 107 cm³/mol. The van der Waals surface area contributed by atoms with E-state index in [0.29, 0.717) is 24.6 Å². The van der Waals surface area contributed by atoms with Crippen LogP contribution in [-0.2, 0) is 11.3 Å². The lowest BCUT2D eigenvalue weighted by atomic mass is 9.90. The van der Waals surface area contributed by atoms with Gasteiger partial charge in [0.25, 0.3) is 0 Å². The van der Waals surface area contributed by atoms with E-state index in [1.807, 2.05) is 36.4 Å². The number of methoxy groups -OCH3 is 1. The van der Waals surface area contributed by atoms with Crippen LogP contribution in [0.4, 0.5) is 0 Å². The summed E-state index contributed by atoms with van der Waals surface area (Å²) in [6.45, 7) is 2.50. The summed E-state index contributed by atoms with van der Waals surface area (Å²) in [5.41, 5.74) is 2.38. The fourth-order valence-corrected chi connectivity index (χ4v) is 3.67. The molecule has 1 aliphatic rings. The standard InChI is InChI=1S/C22H26N2O4/c1-28-20-7-3-2-5-18(20)13-23-21(25)15-24-12-4-6-19(14-24)16-8-10-17(11-9-16)22(26)27/h2-3,5,7-11,19H,4,6,12-15H2,1H3,(H,23,25)(H,26,27)/t19-/m1/s1. The van der Waals surface area contributed by atoms with E-state index in [9.17, 15) is 9.59 Å². The van der Waals surface area contributed by atoms with Crippen LogP contribution in [0.5, 0.6) is 5.75 Å². The molecule has 1 saturated heterocycles. The van der Waals surface area contributed by atoms with Gasteiger partial charge in [-0.1, -0.05) is 30.3 Å². The van der Waals surface area contributed by atoms with Crippen molar-refractivity contribution >= 4 is 11.9 Å². The molecule has 2 N–H and O–H groups in total. The van der Waals surface area contributed by atoms with Crippen LogP contribution >= 0.6 is 0 Å². The molecule has 2 aromatic rings. The number of carbonyl (C=O) groups excluding carboxylic acids is 1. The molecular formula is C22H26N2O4. The highest BCUT2D eigenvalue weighted by atomic mass is 16.5. The van der Waals surface area contributed by atoms with Gasteiger partial charge >= 0.3 is 5.97 Å². The molecule has 0 unspecified atom stereocenters. The smallest absolute Gasteiger partial charge is 0.335 e. The van der Waals surface area contributed by atoms with E-state index in [1.165, 1.54) is 0 Å². The van der Waals surface area contributed by atoms with Gasteiger partial charge in [-0.3, -0.25) is 9.69 Å². The molecule has 1 amide bonds. The van der Waals surface area contributed by atoms with Gasteiger partial charge in [0, 0.05) is 18.7 Å². The fourth-order valence-electron chi connectivity index (χ4n) is 3.67. The highest BCUT2D eigenvalue weighted by Crippen LogP contribution is 2.27. The number of hydrogen-bond donors (Lipinski definition) is 2. The molecule has 0 spiro atoms. The van der Waals surface area contributed by atoms with Crippen LogP contribution in [0.2, 0.25) is 0 Å². The van der Waals surface area contributed by atoms with Crippen molar-refractivity contribution in [2.24, 2.45) is 0 Å². The Kier molecular flexibility index (Phi) is 6.66. The Labute approximate surface area is 165 Å². The topological polar surface area (TPSA) is 78.9 Å². The number of carboxylic acids is 1. The van der Waals surface area contributed by atoms with Gasteiger partial charge in [-0.05, 0) is 49.1 Å². The lowest BCUT2D eigenvalue weighted by Crippen LogP contribution is -2.41. The van der Waals surface area contributed by atoms with Gasteiger partial charge in [0.15, 0.2) is 0 Å². The monoisotopic (exact) mass is 382 g/mol. The molecule has 0 aromatic heterocycles. The number of carboxylic acid groups (broad SMARTS) is 1. The average molecular weight is 382 g/mol. The largest absolute Gasteiger partial charge is 0.496 e. The van der Waals surface area contributed by atoms with Crippen LogP contribution in [0.15, 0.2) is 48.5 Å². The Hall–Kier alpha value is -2.86. The van der Waals surface area contributed by atoms with E-state index in [0.717, 1.165) is 42.8 Å². The SMILES string of the molecule is COc1ccccc1CNC(=O)CN1CCC[C@@H](c2ccc(C(=O)O)cc2)C1. The number of hydrogen-bond acceptors (Lipinski definition) is 4. The summed E-state index contributed by atoms with van der Waals surface area (Å²) in [6, 6.07) is 14.7. The number of piperidine rings is 1. The number of likely N-dealkylation sites (tertiary alicyclic amines) is 1. The number of benzene rings is 2.